The Morgan fingerprint density at radius 2 is 2.11 bits per heavy atom. The van der Waals surface area contributed by atoms with Crippen LogP contribution < -0.4 is 5.32 Å². The molecule has 0 fully saturated rings. The van der Waals surface area contributed by atoms with Gasteiger partial charge in [0, 0.05) is 5.54 Å². The summed E-state index contributed by atoms with van der Waals surface area (Å²) in [6.45, 7) is 16.4. The Morgan fingerprint density at radius 1 is 1.42 bits per heavy atom. The molecule has 0 bridgehead atoms. The van der Waals surface area contributed by atoms with E-state index in [1.54, 1.807) is 0 Å². The molecule has 0 aliphatic rings. The molecule has 1 N–H and O–H groups in total. The van der Waals surface area contributed by atoms with Crippen molar-refractivity contribution in [1.82, 2.24) is 5.32 Å². The standard InChI is InChI=1S/C16H27NO2/c1-12(2)7-8-18-11-14-9-13(3)15(19-14)10-17-16(4,5)6/h9,17H,1,7-8,10-11H2,2-6H3. The fraction of sp³-hybridized carbons (Fsp3) is 0.625. The van der Waals surface area contributed by atoms with Gasteiger partial charge in [-0.25, -0.2) is 0 Å². The van der Waals surface area contributed by atoms with E-state index in [0.29, 0.717) is 13.2 Å². The monoisotopic (exact) mass is 265 g/mol. The Morgan fingerprint density at radius 3 is 2.68 bits per heavy atom. The lowest BCUT2D eigenvalue weighted by molar-refractivity contribution is 0.108. The van der Waals surface area contributed by atoms with Gasteiger partial charge in [-0.2, -0.15) is 0 Å². The smallest absolute Gasteiger partial charge is 0.130 e. The first-order valence-electron chi connectivity index (χ1n) is 6.83. The zero-order valence-corrected chi connectivity index (χ0v) is 12.9. The number of hydrogen-bond acceptors (Lipinski definition) is 3. The molecule has 0 aliphatic carbocycles. The van der Waals surface area contributed by atoms with Crippen molar-refractivity contribution in [2.75, 3.05) is 6.61 Å². The predicted molar refractivity (Wildman–Crippen MR) is 79.1 cm³/mol. The normalized spacial score (nSPS) is 11.8. The summed E-state index contributed by atoms with van der Waals surface area (Å²) in [7, 11) is 0. The highest BCUT2D eigenvalue weighted by Gasteiger charge is 2.12. The molecule has 3 heteroatoms. The van der Waals surface area contributed by atoms with Crippen LogP contribution >= 0.6 is 0 Å². The van der Waals surface area contributed by atoms with Gasteiger partial charge >= 0.3 is 0 Å². The van der Waals surface area contributed by atoms with Crippen molar-refractivity contribution in [2.24, 2.45) is 0 Å². The van der Waals surface area contributed by atoms with Crippen LogP contribution in [0.1, 0.15) is 51.2 Å². The third-order valence-corrected chi connectivity index (χ3v) is 2.77. The van der Waals surface area contributed by atoms with Crippen LogP contribution in [0.2, 0.25) is 0 Å². The Labute approximate surface area is 117 Å². The van der Waals surface area contributed by atoms with E-state index in [-0.39, 0.29) is 5.54 Å². The van der Waals surface area contributed by atoms with Crippen LogP contribution in [-0.2, 0) is 17.9 Å². The highest BCUT2D eigenvalue weighted by Crippen LogP contribution is 2.16. The summed E-state index contributed by atoms with van der Waals surface area (Å²) in [6.07, 6.45) is 0.901. The van der Waals surface area contributed by atoms with Crippen molar-refractivity contribution >= 4 is 0 Å². The molecule has 19 heavy (non-hydrogen) atoms. The fourth-order valence-corrected chi connectivity index (χ4v) is 1.60. The second kappa shape index (κ2) is 6.92. The summed E-state index contributed by atoms with van der Waals surface area (Å²) in [5.74, 6) is 1.89. The first kappa shape index (κ1) is 16.0. The number of rotatable bonds is 7. The molecule has 0 saturated heterocycles. The molecule has 1 aromatic rings. The number of furan rings is 1. The fourth-order valence-electron chi connectivity index (χ4n) is 1.60. The van der Waals surface area contributed by atoms with Crippen LogP contribution in [0.15, 0.2) is 22.6 Å². The number of nitrogens with one attached hydrogen (secondary N) is 1. The molecular weight excluding hydrogens is 238 g/mol. The van der Waals surface area contributed by atoms with Crippen LogP contribution in [-0.4, -0.2) is 12.1 Å². The van der Waals surface area contributed by atoms with Crippen LogP contribution in [0.25, 0.3) is 0 Å². The van der Waals surface area contributed by atoms with Crippen LogP contribution in [0, 0.1) is 6.92 Å². The molecule has 1 heterocycles. The lowest BCUT2D eigenvalue weighted by Gasteiger charge is -2.19. The first-order valence-corrected chi connectivity index (χ1v) is 6.83. The van der Waals surface area contributed by atoms with Gasteiger partial charge in [-0.15, -0.1) is 6.58 Å². The molecule has 0 unspecified atom stereocenters. The maximum Gasteiger partial charge on any atom is 0.130 e. The average molecular weight is 265 g/mol. The predicted octanol–water partition coefficient (Wildman–Crippen LogP) is 3.96. The summed E-state index contributed by atoms with van der Waals surface area (Å²) in [4.78, 5) is 0. The first-order chi connectivity index (χ1) is 8.78. The van der Waals surface area contributed by atoms with Gasteiger partial charge in [-0.1, -0.05) is 5.57 Å². The van der Waals surface area contributed by atoms with Crippen LogP contribution in [0.4, 0.5) is 0 Å². The molecule has 0 atom stereocenters. The quantitative estimate of drug-likeness (QED) is 0.598. The van der Waals surface area contributed by atoms with E-state index in [4.69, 9.17) is 9.15 Å². The van der Waals surface area contributed by atoms with E-state index in [9.17, 15) is 0 Å². The minimum absolute atomic E-state index is 0.0946. The third-order valence-electron chi connectivity index (χ3n) is 2.77. The van der Waals surface area contributed by atoms with Crippen molar-refractivity contribution in [1.29, 1.82) is 0 Å². The largest absolute Gasteiger partial charge is 0.462 e. The molecule has 108 valence electrons. The lowest BCUT2D eigenvalue weighted by Crippen LogP contribution is -2.35. The van der Waals surface area contributed by atoms with Crippen molar-refractivity contribution in [3.05, 3.63) is 35.3 Å². The van der Waals surface area contributed by atoms with Crippen molar-refractivity contribution in [3.63, 3.8) is 0 Å². The third kappa shape index (κ3) is 6.60. The van der Waals surface area contributed by atoms with E-state index >= 15 is 0 Å². The second-order valence-electron chi connectivity index (χ2n) is 6.18. The van der Waals surface area contributed by atoms with Crippen LogP contribution in [0.3, 0.4) is 0 Å². The van der Waals surface area contributed by atoms with Crippen molar-refractivity contribution in [2.45, 2.75) is 59.7 Å². The minimum atomic E-state index is 0.0946. The highest BCUT2D eigenvalue weighted by molar-refractivity contribution is 5.19. The highest BCUT2D eigenvalue weighted by atomic mass is 16.5. The summed E-state index contributed by atoms with van der Waals surface area (Å²) in [6, 6.07) is 2.06. The van der Waals surface area contributed by atoms with Gasteiger partial charge in [-0.05, 0) is 52.7 Å². The minimum Gasteiger partial charge on any atom is -0.462 e. The maximum atomic E-state index is 5.81. The molecule has 1 rings (SSSR count). The van der Waals surface area contributed by atoms with E-state index in [2.05, 4.69) is 45.7 Å². The van der Waals surface area contributed by atoms with Crippen molar-refractivity contribution in [3.8, 4) is 0 Å². The molecule has 0 radical (unpaired) electrons. The van der Waals surface area contributed by atoms with Gasteiger partial charge in [0.1, 0.15) is 18.1 Å². The molecule has 0 aliphatic heterocycles. The number of aryl methyl sites for hydroxylation is 1. The Hall–Kier alpha value is -1.06. The van der Waals surface area contributed by atoms with E-state index in [0.717, 1.165) is 30.1 Å². The van der Waals surface area contributed by atoms with E-state index in [1.165, 1.54) is 5.56 Å². The Balaban J connectivity index is 2.43. The topological polar surface area (TPSA) is 34.4 Å². The maximum absolute atomic E-state index is 5.81. The molecule has 0 saturated carbocycles. The van der Waals surface area contributed by atoms with Crippen LogP contribution in [0.5, 0.6) is 0 Å². The molecular formula is C16H27NO2. The number of hydrogen-bond donors (Lipinski definition) is 1. The van der Waals surface area contributed by atoms with Gasteiger partial charge in [-0.3, -0.25) is 0 Å². The molecule has 0 aromatic carbocycles. The molecule has 0 spiro atoms. The van der Waals surface area contributed by atoms with Gasteiger partial charge in [0.05, 0.1) is 13.2 Å². The summed E-state index contributed by atoms with van der Waals surface area (Å²) >= 11 is 0. The Kier molecular flexibility index (Phi) is 5.83. The van der Waals surface area contributed by atoms with Gasteiger partial charge in [0.25, 0.3) is 0 Å². The van der Waals surface area contributed by atoms with Gasteiger partial charge in [0.2, 0.25) is 0 Å². The number of ether oxygens (including phenoxy) is 1. The average Bonchev–Trinajstić information content (AvgIpc) is 2.61. The zero-order valence-electron chi connectivity index (χ0n) is 12.9. The summed E-state index contributed by atoms with van der Waals surface area (Å²) < 4.78 is 11.4. The van der Waals surface area contributed by atoms with E-state index in [1.807, 2.05) is 6.92 Å². The summed E-state index contributed by atoms with van der Waals surface area (Å²) in [5.41, 5.74) is 2.41. The van der Waals surface area contributed by atoms with Gasteiger partial charge < -0.3 is 14.5 Å². The lowest BCUT2D eigenvalue weighted by atomic mass is 10.1. The second-order valence-corrected chi connectivity index (χ2v) is 6.18. The SMILES string of the molecule is C=C(C)CCOCc1cc(C)c(CNC(C)(C)C)o1. The summed E-state index contributed by atoms with van der Waals surface area (Å²) in [5, 5.41) is 3.43. The van der Waals surface area contributed by atoms with Crippen molar-refractivity contribution < 1.29 is 9.15 Å². The zero-order chi connectivity index (χ0) is 14.5. The molecule has 1 aromatic heterocycles. The molecule has 3 nitrogen and oxygen atoms in total. The van der Waals surface area contributed by atoms with Gasteiger partial charge in [0.15, 0.2) is 0 Å². The molecule has 0 amide bonds. The van der Waals surface area contributed by atoms with E-state index < -0.39 is 0 Å². The Bertz CT molecular complexity index is 413.